The van der Waals surface area contributed by atoms with Gasteiger partial charge in [-0.25, -0.2) is 4.79 Å². The van der Waals surface area contributed by atoms with Crippen LogP contribution >= 0.6 is 0 Å². The van der Waals surface area contributed by atoms with E-state index in [9.17, 15) is 19.2 Å². The lowest BCUT2D eigenvalue weighted by molar-refractivity contribution is -0.125. The van der Waals surface area contributed by atoms with E-state index in [1.54, 1.807) is 53.4 Å². The van der Waals surface area contributed by atoms with Crippen LogP contribution in [0.5, 0.6) is 0 Å². The summed E-state index contributed by atoms with van der Waals surface area (Å²) in [6, 6.07) is 13.7. The molecule has 2 heterocycles. The van der Waals surface area contributed by atoms with Crippen molar-refractivity contribution in [3.05, 3.63) is 59.7 Å². The molecule has 0 saturated carbocycles. The molecule has 0 unspecified atom stereocenters. The van der Waals surface area contributed by atoms with Crippen molar-refractivity contribution in [3.63, 3.8) is 0 Å². The van der Waals surface area contributed by atoms with Crippen LogP contribution in [0, 0.1) is 0 Å². The van der Waals surface area contributed by atoms with Gasteiger partial charge in [0.15, 0.2) is 0 Å². The van der Waals surface area contributed by atoms with Gasteiger partial charge in [0.2, 0.25) is 0 Å². The molecule has 0 bridgehead atoms. The number of anilines is 2. The second-order valence-corrected chi connectivity index (χ2v) is 8.60. The van der Waals surface area contributed by atoms with Gasteiger partial charge in [0, 0.05) is 24.5 Å². The number of nitrogens with one attached hydrogen (secondary N) is 2. The van der Waals surface area contributed by atoms with Gasteiger partial charge in [-0.15, -0.1) is 0 Å². The zero-order valence-electron chi connectivity index (χ0n) is 20.2. The summed E-state index contributed by atoms with van der Waals surface area (Å²) >= 11 is 0. The van der Waals surface area contributed by atoms with Gasteiger partial charge in [-0.3, -0.25) is 19.3 Å². The minimum atomic E-state index is -0.549. The van der Waals surface area contributed by atoms with Crippen LogP contribution in [0.15, 0.2) is 48.5 Å². The van der Waals surface area contributed by atoms with E-state index in [0.717, 1.165) is 18.5 Å². The lowest BCUT2D eigenvalue weighted by atomic mass is 10.1. The van der Waals surface area contributed by atoms with Gasteiger partial charge >= 0.3 is 6.09 Å². The molecule has 2 aliphatic rings. The Morgan fingerprint density at radius 1 is 0.944 bits per heavy atom. The fraction of sp³-hybridized carbons (Fsp3) is 0.385. The molecule has 2 saturated heterocycles. The van der Waals surface area contributed by atoms with Crippen LogP contribution in [0.4, 0.5) is 16.2 Å². The SMILES string of the molecule is CCCCNC(=O)c1ccccc1C(=O)NC[C@H]1CN(c2ccc(N3CCOCC3=O)cc2)C(=O)O1. The molecule has 0 radical (unpaired) electrons. The number of carbonyl (C=O) groups is 4. The number of ether oxygens (including phenoxy) is 2. The molecule has 0 spiro atoms. The number of benzene rings is 2. The number of carbonyl (C=O) groups excluding carboxylic acids is 4. The molecule has 0 aliphatic carbocycles. The number of amides is 4. The van der Waals surface area contributed by atoms with E-state index in [2.05, 4.69) is 10.6 Å². The number of hydrogen-bond donors (Lipinski definition) is 2. The standard InChI is InChI=1S/C26H30N4O6/c1-2-3-12-27-24(32)21-6-4-5-7-22(21)25(33)28-15-20-16-30(26(34)36-20)19-10-8-18(9-11-19)29-13-14-35-17-23(29)31/h4-11,20H,2-3,12-17H2,1H3,(H,27,32)(H,28,33)/t20-/m0/s1. The van der Waals surface area contributed by atoms with Crippen LogP contribution in [-0.2, 0) is 14.3 Å². The summed E-state index contributed by atoms with van der Waals surface area (Å²) in [5.41, 5.74) is 1.93. The number of unbranched alkanes of at least 4 members (excludes halogenated alkanes) is 1. The highest BCUT2D eigenvalue weighted by Crippen LogP contribution is 2.25. The summed E-state index contributed by atoms with van der Waals surface area (Å²) < 4.78 is 10.6. The number of cyclic esters (lactones) is 1. The first-order valence-electron chi connectivity index (χ1n) is 12.1. The number of nitrogens with zero attached hydrogens (tertiary/aromatic N) is 2. The Morgan fingerprint density at radius 2 is 1.58 bits per heavy atom. The molecule has 0 aromatic heterocycles. The van der Waals surface area contributed by atoms with E-state index in [1.807, 2.05) is 6.92 Å². The van der Waals surface area contributed by atoms with E-state index >= 15 is 0 Å². The minimum Gasteiger partial charge on any atom is -0.442 e. The Hall–Kier alpha value is -3.92. The molecule has 2 aromatic rings. The Bertz CT molecular complexity index is 1120. The Labute approximate surface area is 209 Å². The number of rotatable bonds is 9. The summed E-state index contributed by atoms with van der Waals surface area (Å²) in [5, 5.41) is 5.60. The zero-order chi connectivity index (χ0) is 25.5. The van der Waals surface area contributed by atoms with Crippen molar-refractivity contribution in [1.82, 2.24) is 10.6 Å². The van der Waals surface area contributed by atoms with Crippen molar-refractivity contribution in [3.8, 4) is 0 Å². The van der Waals surface area contributed by atoms with Crippen LogP contribution in [0.3, 0.4) is 0 Å². The third-order valence-electron chi connectivity index (χ3n) is 6.06. The van der Waals surface area contributed by atoms with Crippen molar-refractivity contribution in [2.24, 2.45) is 0 Å². The third kappa shape index (κ3) is 5.83. The number of morpholine rings is 1. The van der Waals surface area contributed by atoms with Crippen molar-refractivity contribution < 1.29 is 28.7 Å². The second-order valence-electron chi connectivity index (χ2n) is 8.60. The highest BCUT2D eigenvalue weighted by molar-refractivity contribution is 6.07. The maximum atomic E-state index is 12.8. The molecular weight excluding hydrogens is 464 g/mol. The fourth-order valence-corrected chi connectivity index (χ4v) is 4.10. The van der Waals surface area contributed by atoms with Crippen molar-refractivity contribution in [2.75, 3.05) is 49.2 Å². The molecule has 2 fully saturated rings. The molecular formula is C26H30N4O6. The Balaban J connectivity index is 1.34. The monoisotopic (exact) mass is 494 g/mol. The predicted octanol–water partition coefficient (Wildman–Crippen LogP) is 2.33. The Morgan fingerprint density at radius 3 is 2.22 bits per heavy atom. The first-order chi connectivity index (χ1) is 17.5. The van der Waals surface area contributed by atoms with E-state index in [4.69, 9.17) is 9.47 Å². The molecule has 10 nitrogen and oxygen atoms in total. The first kappa shape index (κ1) is 25.2. The van der Waals surface area contributed by atoms with Gasteiger partial charge in [-0.1, -0.05) is 25.5 Å². The topological polar surface area (TPSA) is 117 Å². The Kier molecular flexibility index (Phi) is 8.17. The van der Waals surface area contributed by atoms with Gasteiger partial charge in [-0.05, 0) is 42.8 Å². The van der Waals surface area contributed by atoms with Gasteiger partial charge in [0.25, 0.3) is 17.7 Å². The van der Waals surface area contributed by atoms with Crippen molar-refractivity contribution in [1.29, 1.82) is 0 Å². The van der Waals surface area contributed by atoms with E-state index in [1.165, 1.54) is 4.90 Å². The van der Waals surface area contributed by atoms with E-state index in [0.29, 0.717) is 30.9 Å². The lowest BCUT2D eigenvalue weighted by Gasteiger charge is -2.27. The fourth-order valence-electron chi connectivity index (χ4n) is 4.10. The van der Waals surface area contributed by atoms with Crippen LogP contribution in [0.25, 0.3) is 0 Å². The molecule has 1 atom stereocenters. The van der Waals surface area contributed by atoms with Gasteiger partial charge in [0.1, 0.15) is 12.7 Å². The summed E-state index contributed by atoms with van der Waals surface area (Å²) in [6.45, 7) is 3.96. The normalized spacial score (nSPS) is 17.6. The maximum absolute atomic E-state index is 12.8. The smallest absolute Gasteiger partial charge is 0.414 e. The highest BCUT2D eigenvalue weighted by atomic mass is 16.6. The van der Waals surface area contributed by atoms with Gasteiger partial charge in [0.05, 0.1) is 30.8 Å². The van der Waals surface area contributed by atoms with Crippen LogP contribution in [-0.4, -0.2) is 69.3 Å². The molecule has 10 heteroatoms. The highest BCUT2D eigenvalue weighted by Gasteiger charge is 2.33. The molecule has 4 amide bonds. The summed E-state index contributed by atoms with van der Waals surface area (Å²) in [6.07, 6.45) is 0.752. The molecule has 2 aromatic carbocycles. The molecule has 2 aliphatic heterocycles. The van der Waals surface area contributed by atoms with Crippen LogP contribution in [0.1, 0.15) is 40.5 Å². The largest absolute Gasteiger partial charge is 0.442 e. The molecule has 2 N–H and O–H groups in total. The van der Waals surface area contributed by atoms with Crippen LogP contribution < -0.4 is 20.4 Å². The lowest BCUT2D eigenvalue weighted by Crippen LogP contribution is -2.41. The summed E-state index contributed by atoms with van der Waals surface area (Å²) in [4.78, 5) is 52.9. The number of hydrogen-bond acceptors (Lipinski definition) is 6. The van der Waals surface area contributed by atoms with Gasteiger partial charge in [-0.2, -0.15) is 0 Å². The molecule has 36 heavy (non-hydrogen) atoms. The van der Waals surface area contributed by atoms with Gasteiger partial charge < -0.3 is 25.0 Å². The summed E-state index contributed by atoms with van der Waals surface area (Å²) in [5.74, 6) is -0.814. The minimum absolute atomic E-state index is 0.0571. The quantitative estimate of drug-likeness (QED) is 0.517. The zero-order valence-corrected chi connectivity index (χ0v) is 20.2. The van der Waals surface area contributed by atoms with E-state index in [-0.39, 0.29) is 37.1 Å². The maximum Gasteiger partial charge on any atom is 0.414 e. The average molecular weight is 495 g/mol. The van der Waals surface area contributed by atoms with E-state index < -0.39 is 18.1 Å². The summed E-state index contributed by atoms with van der Waals surface area (Å²) in [7, 11) is 0. The van der Waals surface area contributed by atoms with Crippen molar-refractivity contribution >= 4 is 35.2 Å². The average Bonchev–Trinajstić information content (AvgIpc) is 3.28. The van der Waals surface area contributed by atoms with Crippen molar-refractivity contribution in [2.45, 2.75) is 25.9 Å². The predicted molar refractivity (Wildman–Crippen MR) is 133 cm³/mol. The van der Waals surface area contributed by atoms with Crippen LogP contribution in [0.2, 0.25) is 0 Å². The third-order valence-corrected chi connectivity index (χ3v) is 6.06. The second kappa shape index (κ2) is 11.7. The molecule has 4 rings (SSSR count). The first-order valence-corrected chi connectivity index (χ1v) is 12.1. The molecule has 190 valence electrons.